The molecular weight excluding hydrogens is 288 g/mol. The first-order valence-electron chi connectivity index (χ1n) is 7.10. The molecule has 0 saturated carbocycles. The van der Waals surface area contributed by atoms with Crippen molar-refractivity contribution in [3.8, 4) is 11.4 Å². The van der Waals surface area contributed by atoms with Gasteiger partial charge < -0.3 is 9.64 Å². The first kappa shape index (κ1) is 14.2. The highest BCUT2D eigenvalue weighted by Crippen LogP contribution is 2.21. The molecule has 0 spiro atoms. The van der Waals surface area contributed by atoms with Crippen molar-refractivity contribution in [3.63, 3.8) is 0 Å². The number of hydrogen-bond donors (Lipinski definition) is 0. The predicted molar refractivity (Wildman–Crippen MR) is 82.7 cm³/mol. The zero-order valence-electron chi connectivity index (χ0n) is 11.9. The van der Waals surface area contributed by atoms with Crippen LogP contribution in [0.15, 0.2) is 24.3 Å². The molecule has 1 aliphatic rings. The van der Waals surface area contributed by atoms with Crippen molar-refractivity contribution >= 4 is 17.5 Å². The maximum atomic E-state index is 6.06. The second-order valence-corrected chi connectivity index (χ2v) is 5.22. The van der Waals surface area contributed by atoms with Gasteiger partial charge in [0.2, 0.25) is 11.2 Å². The molecule has 0 aliphatic carbocycles. The Morgan fingerprint density at radius 3 is 2.48 bits per heavy atom. The van der Waals surface area contributed by atoms with Gasteiger partial charge in [0.05, 0.1) is 13.2 Å². The lowest BCUT2D eigenvalue weighted by molar-refractivity contribution is 0.122. The summed E-state index contributed by atoms with van der Waals surface area (Å²) in [6.45, 7) is 5.04. The number of halogens is 1. The molecule has 0 amide bonds. The van der Waals surface area contributed by atoms with Crippen molar-refractivity contribution in [2.75, 3.05) is 31.2 Å². The number of anilines is 1. The second kappa shape index (κ2) is 6.37. The van der Waals surface area contributed by atoms with Crippen LogP contribution in [-0.4, -0.2) is 41.3 Å². The number of ether oxygens (including phenoxy) is 1. The van der Waals surface area contributed by atoms with E-state index in [1.165, 1.54) is 5.56 Å². The number of morpholine rings is 1. The summed E-state index contributed by atoms with van der Waals surface area (Å²) in [4.78, 5) is 15.1. The van der Waals surface area contributed by atoms with Gasteiger partial charge in [-0.3, -0.25) is 0 Å². The van der Waals surface area contributed by atoms with Crippen LogP contribution in [0.2, 0.25) is 5.28 Å². The summed E-state index contributed by atoms with van der Waals surface area (Å²) in [5, 5.41) is 0.223. The highest BCUT2D eigenvalue weighted by atomic mass is 35.5. The first-order valence-corrected chi connectivity index (χ1v) is 7.47. The second-order valence-electron chi connectivity index (χ2n) is 4.88. The molecule has 110 valence electrons. The predicted octanol–water partition coefficient (Wildman–Crippen LogP) is 2.59. The molecule has 0 radical (unpaired) electrons. The Hall–Kier alpha value is -1.72. The van der Waals surface area contributed by atoms with E-state index in [1.54, 1.807) is 0 Å². The Morgan fingerprint density at radius 1 is 1.10 bits per heavy atom. The summed E-state index contributed by atoms with van der Waals surface area (Å²) in [7, 11) is 0. The maximum Gasteiger partial charge on any atom is 0.230 e. The zero-order chi connectivity index (χ0) is 14.7. The molecule has 1 aromatic heterocycles. The van der Waals surface area contributed by atoms with E-state index in [4.69, 9.17) is 16.3 Å². The molecule has 5 nitrogen and oxygen atoms in total. The van der Waals surface area contributed by atoms with E-state index in [2.05, 4.69) is 38.9 Å². The van der Waals surface area contributed by atoms with Gasteiger partial charge in [0.1, 0.15) is 0 Å². The molecule has 1 saturated heterocycles. The highest BCUT2D eigenvalue weighted by Gasteiger charge is 2.16. The van der Waals surface area contributed by atoms with Crippen LogP contribution < -0.4 is 4.90 Å². The number of benzene rings is 1. The Morgan fingerprint density at radius 2 is 1.81 bits per heavy atom. The van der Waals surface area contributed by atoms with Gasteiger partial charge in [0, 0.05) is 18.7 Å². The number of hydrogen-bond acceptors (Lipinski definition) is 5. The lowest BCUT2D eigenvalue weighted by Gasteiger charge is -2.26. The van der Waals surface area contributed by atoms with E-state index in [9.17, 15) is 0 Å². The van der Waals surface area contributed by atoms with E-state index in [0.29, 0.717) is 25.0 Å². The lowest BCUT2D eigenvalue weighted by atomic mass is 10.1. The van der Waals surface area contributed by atoms with Crippen molar-refractivity contribution in [3.05, 3.63) is 35.1 Å². The quantitative estimate of drug-likeness (QED) is 0.872. The largest absolute Gasteiger partial charge is 0.378 e. The molecule has 2 heterocycles. The third kappa shape index (κ3) is 3.31. The van der Waals surface area contributed by atoms with Crippen LogP contribution in [0, 0.1) is 0 Å². The summed E-state index contributed by atoms with van der Waals surface area (Å²) < 4.78 is 5.35. The van der Waals surface area contributed by atoms with Crippen LogP contribution in [-0.2, 0) is 11.2 Å². The average Bonchev–Trinajstić information content (AvgIpc) is 2.55. The smallest absolute Gasteiger partial charge is 0.230 e. The molecule has 21 heavy (non-hydrogen) atoms. The van der Waals surface area contributed by atoms with Gasteiger partial charge in [-0.25, -0.2) is 0 Å². The van der Waals surface area contributed by atoms with Crippen molar-refractivity contribution in [1.82, 2.24) is 15.0 Å². The van der Waals surface area contributed by atoms with Crippen molar-refractivity contribution < 1.29 is 4.74 Å². The highest BCUT2D eigenvalue weighted by molar-refractivity contribution is 6.28. The molecule has 0 unspecified atom stereocenters. The van der Waals surface area contributed by atoms with E-state index in [0.717, 1.165) is 25.1 Å². The molecule has 1 fully saturated rings. The summed E-state index contributed by atoms with van der Waals surface area (Å²) in [5.41, 5.74) is 2.23. The first-order chi connectivity index (χ1) is 10.3. The minimum atomic E-state index is 0.223. The molecule has 2 aromatic rings. The van der Waals surface area contributed by atoms with Crippen molar-refractivity contribution in [2.45, 2.75) is 13.3 Å². The van der Waals surface area contributed by atoms with Crippen LogP contribution in [0.1, 0.15) is 12.5 Å². The van der Waals surface area contributed by atoms with Crippen LogP contribution in [0.5, 0.6) is 0 Å². The van der Waals surface area contributed by atoms with Crippen molar-refractivity contribution in [1.29, 1.82) is 0 Å². The van der Waals surface area contributed by atoms with Crippen LogP contribution in [0.4, 0.5) is 5.95 Å². The van der Waals surface area contributed by atoms with Gasteiger partial charge in [-0.1, -0.05) is 31.2 Å². The fourth-order valence-electron chi connectivity index (χ4n) is 2.26. The number of aryl methyl sites for hydroxylation is 1. The normalized spacial score (nSPS) is 15.2. The minimum Gasteiger partial charge on any atom is -0.378 e. The standard InChI is InChI=1S/C15H17ClN4O/c1-2-11-3-5-12(6-4-11)13-17-14(16)19-15(18-13)20-7-9-21-10-8-20/h3-6H,2,7-10H2,1H3. The number of nitrogens with zero attached hydrogens (tertiary/aromatic N) is 4. The summed E-state index contributed by atoms with van der Waals surface area (Å²) >= 11 is 6.06. The summed E-state index contributed by atoms with van der Waals surface area (Å²) in [5.74, 6) is 1.23. The zero-order valence-corrected chi connectivity index (χ0v) is 12.7. The molecule has 1 aliphatic heterocycles. The summed E-state index contributed by atoms with van der Waals surface area (Å²) in [6, 6.07) is 8.21. The Bertz CT molecular complexity index is 612. The van der Waals surface area contributed by atoms with Gasteiger partial charge in [0.25, 0.3) is 0 Å². The molecule has 0 bridgehead atoms. The molecule has 6 heteroatoms. The van der Waals surface area contributed by atoms with Crippen molar-refractivity contribution in [2.24, 2.45) is 0 Å². The third-order valence-electron chi connectivity index (χ3n) is 3.51. The number of aromatic nitrogens is 3. The Balaban J connectivity index is 1.92. The Kier molecular flexibility index (Phi) is 4.31. The Labute approximate surface area is 129 Å². The number of rotatable bonds is 3. The average molecular weight is 305 g/mol. The van der Waals surface area contributed by atoms with E-state index < -0.39 is 0 Å². The molecular formula is C15H17ClN4O. The maximum absolute atomic E-state index is 6.06. The van der Waals surface area contributed by atoms with Gasteiger partial charge in [-0.15, -0.1) is 0 Å². The van der Waals surface area contributed by atoms with E-state index in [1.807, 2.05) is 12.1 Å². The lowest BCUT2D eigenvalue weighted by Crippen LogP contribution is -2.37. The van der Waals surface area contributed by atoms with Gasteiger partial charge in [-0.05, 0) is 23.6 Å². The molecule has 0 atom stereocenters. The van der Waals surface area contributed by atoms with Crippen LogP contribution in [0.3, 0.4) is 0 Å². The molecule has 3 rings (SSSR count). The molecule has 0 N–H and O–H groups in total. The topological polar surface area (TPSA) is 51.1 Å². The van der Waals surface area contributed by atoms with Gasteiger partial charge in [-0.2, -0.15) is 15.0 Å². The van der Waals surface area contributed by atoms with E-state index in [-0.39, 0.29) is 5.28 Å². The van der Waals surface area contributed by atoms with Crippen LogP contribution in [0.25, 0.3) is 11.4 Å². The van der Waals surface area contributed by atoms with Crippen LogP contribution >= 0.6 is 11.6 Å². The molecule has 1 aromatic carbocycles. The third-order valence-corrected chi connectivity index (χ3v) is 3.68. The fraction of sp³-hybridized carbons (Fsp3) is 0.400. The fourth-order valence-corrected chi connectivity index (χ4v) is 2.42. The monoisotopic (exact) mass is 304 g/mol. The minimum absolute atomic E-state index is 0.223. The SMILES string of the molecule is CCc1ccc(-c2nc(Cl)nc(N3CCOCC3)n2)cc1. The summed E-state index contributed by atoms with van der Waals surface area (Å²) in [6.07, 6.45) is 1.01. The van der Waals surface area contributed by atoms with E-state index >= 15 is 0 Å². The van der Waals surface area contributed by atoms with Gasteiger partial charge >= 0.3 is 0 Å². The van der Waals surface area contributed by atoms with Gasteiger partial charge in [0.15, 0.2) is 5.82 Å².